The molecule has 1 amide bonds. The fourth-order valence-corrected chi connectivity index (χ4v) is 3.70. The number of carbonyl (C=O) groups is 2. The SMILES string of the molecule is CC(=O)c1ccc(NC(=O)CSc2nc(-c3ccccc3)c3ccccc3n2)cc1. The Morgan fingerprint density at radius 2 is 1.57 bits per heavy atom. The fourth-order valence-electron chi connectivity index (χ4n) is 3.05. The summed E-state index contributed by atoms with van der Waals surface area (Å²) in [5.41, 5.74) is 3.96. The Balaban J connectivity index is 1.51. The summed E-state index contributed by atoms with van der Waals surface area (Å²) in [6.07, 6.45) is 0. The van der Waals surface area contributed by atoms with Gasteiger partial charge in [0.2, 0.25) is 5.91 Å². The number of ketones is 1. The number of amides is 1. The second kappa shape index (κ2) is 8.88. The van der Waals surface area contributed by atoms with Crippen molar-refractivity contribution in [3.63, 3.8) is 0 Å². The van der Waals surface area contributed by atoms with Crippen molar-refractivity contribution in [3.8, 4) is 11.3 Å². The highest BCUT2D eigenvalue weighted by Gasteiger charge is 2.12. The van der Waals surface area contributed by atoms with Gasteiger partial charge in [-0.15, -0.1) is 0 Å². The van der Waals surface area contributed by atoms with Gasteiger partial charge in [0.25, 0.3) is 0 Å². The number of nitrogens with one attached hydrogen (secondary N) is 1. The smallest absolute Gasteiger partial charge is 0.234 e. The summed E-state index contributed by atoms with van der Waals surface area (Å²) in [6, 6.07) is 24.6. The van der Waals surface area contributed by atoms with Crippen LogP contribution in [0, 0.1) is 0 Å². The molecule has 148 valence electrons. The molecule has 0 atom stereocenters. The van der Waals surface area contributed by atoms with Crippen LogP contribution in [-0.2, 0) is 4.79 Å². The van der Waals surface area contributed by atoms with E-state index >= 15 is 0 Å². The molecular weight excluding hydrogens is 394 g/mol. The maximum atomic E-state index is 12.4. The quantitative estimate of drug-likeness (QED) is 0.266. The van der Waals surface area contributed by atoms with Crippen molar-refractivity contribution in [1.29, 1.82) is 0 Å². The molecule has 3 aromatic carbocycles. The van der Waals surface area contributed by atoms with Crippen molar-refractivity contribution in [2.75, 3.05) is 11.1 Å². The molecule has 0 saturated carbocycles. The van der Waals surface area contributed by atoms with Gasteiger partial charge in [-0.2, -0.15) is 0 Å². The minimum absolute atomic E-state index is 0.00824. The maximum Gasteiger partial charge on any atom is 0.234 e. The Hall–Kier alpha value is -3.51. The lowest BCUT2D eigenvalue weighted by Crippen LogP contribution is -2.14. The highest BCUT2D eigenvalue weighted by molar-refractivity contribution is 7.99. The van der Waals surface area contributed by atoms with Gasteiger partial charge in [-0.25, -0.2) is 9.97 Å². The summed E-state index contributed by atoms with van der Waals surface area (Å²) >= 11 is 1.29. The van der Waals surface area contributed by atoms with Crippen molar-refractivity contribution in [2.24, 2.45) is 0 Å². The van der Waals surface area contributed by atoms with Crippen molar-refractivity contribution in [2.45, 2.75) is 12.1 Å². The number of rotatable bonds is 6. The average Bonchev–Trinajstić information content (AvgIpc) is 2.78. The standard InChI is InChI=1S/C24H19N3O2S/c1-16(28)17-11-13-19(14-12-17)25-22(29)15-30-24-26-21-10-6-5-9-20(21)23(27-24)18-7-3-2-4-8-18/h2-14H,15H2,1H3,(H,25,29). The number of para-hydroxylation sites is 1. The lowest BCUT2D eigenvalue weighted by molar-refractivity contribution is -0.113. The van der Waals surface area contributed by atoms with Gasteiger partial charge < -0.3 is 5.32 Å². The number of carbonyl (C=O) groups excluding carboxylic acids is 2. The summed E-state index contributed by atoms with van der Waals surface area (Å²) in [6.45, 7) is 1.51. The largest absolute Gasteiger partial charge is 0.325 e. The Morgan fingerprint density at radius 1 is 0.867 bits per heavy atom. The Kier molecular flexibility index (Phi) is 5.86. The summed E-state index contributed by atoms with van der Waals surface area (Å²) < 4.78 is 0. The minimum Gasteiger partial charge on any atom is -0.325 e. The van der Waals surface area contributed by atoms with E-state index in [1.165, 1.54) is 18.7 Å². The molecule has 1 aromatic heterocycles. The van der Waals surface area contributed by atoms with Crippen LogP contribution in [0.2, 0.25) is 0 Å². The highest BCUT2D eigenvalue weighted by atomic mass is 32.2. The zero-order valence-electron chi connectivity index (χ0n) is 16.3. The molecule has 0 aliphatic carbocycles. The van der Waals surface area contributed by atoms with E-state index in [1.54, 1.807) is 24.3 Å². The Morgan fingerprint density at radius 3 is 2.30 bits per heavy atom. The van der Waals surface area contributed by atoms with Crippen molar-refractivity contribution in [1.82, 2.24) is 9.97 Å². The van der Waals surface area contributed by atoms with Gasteiger partial charge in [-0.3, -0.25) is 9.59 Å². The minimum atomic E-state index is -0.159. The van der Waals surface area contributed by atoms with Crippen molar-refractivity contribution >= 4 is 40.0 Å². The van der Waals surface area contributed by atoms with E-state index in [9.17, 15) is 9.59 Å². The van der Waals surface area contributed by atoms with Crippen molar-refractivity contribution < 1.29 is 9.59 Å². The first-order chi connectivity index (χ1) is 14.6. The third-order valence-electron chi connectivity index (χ3n) is 4.54. The lowest BCUT2D eigenvalue weighted by atomic mass is 10.1. The first-order valence-electron chi connectivity index (χ1n) is 9.46. The molecule has 1 heterocycles. The molecule has 0 radical (unpaired) electrons. The van der Waals surface area contributed by atoms with E-state index in [1.807, 2.05) is 54.6 Å². The molecule has 6 heteroatoms. The van der Waals surface area contributed by atoms with E-state index in [0.29, 0.717) is 16.4 Å². The molecule has 0 saturated heterocycles. The van der Waals surface area contributed by atoms with Gasteiger partial charge >= 0.3 is 0 Å². The zero-order chi connectivity index (χ0) is 20.9. The summed E-state index contributed by atoms with van der Waals surface area (Å²) in [5.74, 6) is 0.0146. The van der Waals surface area contributed by atoms with Crippen LogP contribution in [0.4, 0.5) is 5.69 Å². The van der Waals surface area contributed by atoms with Crippen LogP contribution in [0.25, 0.3) is 22.2 Å². The summed E-state index contributed by atoms with van der Waals surface area (Å²) in [7, 11) is 0. The summed E-state index contributed by atoms with van der Waals surface area (Å²) in [5, 5.41) is 4.36. The van der Waals surface area contributed by atoms with Gasteiger partial charge in [0.15, 0.2) is 10.9 Å². The number of Topliss-reactive ketones (excluding diaryl/α,β-unsaturated/α-hetero) is 1. The van der Waals surface area contributed by atoms with Crippen LogP contribution >= 0.6 is 11.8 Å². The zero-order valence-corrected chi connectivity index (χ0v) is 17.1. The molecule has 0 unspecified atom stereocenters. The first kappa shape index (κ1) is 19.8. The van der Waals surface area contributed by atoms with Crippen LogP contribution in [0.1, 0.15) is 17.3 Å². The number of nitrogens with zero attached hydrogens (tertiary/aromatic N) is 2. The van der Waals surface area contributed by atoms with Crippen LogP contribution < -0.4 is 5.32 Å². The third-order valence-corrected chi connectivity index (χ3v) is 5.38. The van der Waals surface area contributed by atoms with Gasteiger partial charge in [0.1, 0.15) is 0 Å². The Bertz CT molecular complexity index is 1210. The number of hydrogen-bond acceptors (Lipinski definition) is 5. The molecule has 0 spiro atoms. The molecule has 1 N–H and O–H groups in total. The normalized spacial score (nSPS) is 10.7. The second-order valence-corrected chi connectivity index (χ2v) is 7.65. The molecule has 0 aliphatic heterocycles. The molecule has 4 rings (SSSR count). The van der Waals surface area contributed by atoms with Crippen molar-refractivity contribution in [3.05, 3.63) is 84.4 Å². The molecule has 5 nitrogen and oxygen atoms in total. The van der Waals surface area contributed by atoms with E-state index < -0.39 is 0 Å². The van der Waals surface area contributed by atoms with Gasteiger partial charge in [-0.05, 0) is 37.3 Å². The number of thioether (sulfide) groups is 1. The molecule has 30 heavy (non-hydrogen) atoms. The lowest BCUT2D eigenvalue weighted by Gasteiger charge is -2.09. The average molecular weight is 414 g/mol. The van der Waals surface area contributed by atoms with E-state index in [2.05, 4.69) is 10.3 Å². The molecule has 0 bridgehead atoms. The number of fused-ring (bicyclic) bond motifs is 1. The van der Waals surface area contributed by atoms with E-state index in [0.717, 1.165) is 22.2 Å². The molecule has 0 aliphatic rings. The molecular formula is C24H19N3O2S. The predicted molar refractivity (Wildman–Crippen MR) is 121 cm³/mol. The topological polar surface area (TPSA) is 72.0 Å². The predicted octanol–water partition coefficient (Wildman–Crippen LogP) is 5.23. The van der Waals surface area contributed by atoms with Crippen LogP contribution in [0.5, 0.6) is 0 Å². The van der Waals surface area contributed by atoms with Gasteiger partial charge in [0, 0.05) is 22.2 Å². The third kappa shape index (κ3) is 4.55. The molecule has 0 fully saturated rings. The number of hydrogen-bond donors (Lipinski definition) is 1. The van der Waals surface area contributed by atoms with Crippen LogP contribution in [-0.4, -0.2) is 27.4 Å². The second-order valence-electron chi connectivity index (χ2n) is 6.71. The van der Waals surface area contributed by atoms with Crippen LogP contribution in [0.15, 0.2) is 84.0 Å². The number of anilines is 1. The van der Waals surface area contributed by atoms with Crippen LogP contribution in [0.3, 0.4) is 0 Å². The van der Waals surface area contributed by atoms with E-state index in [4.69, 9.17) is 4.98 Å². The molecule has 4 aromatic rings. The van der Waals surface area contributed by atoms with Gasteiger partial charge in [0.05, 0.1) is 17.0 Å². The highest BCUT2D eigenvalue weighted by Crippen LogP contribution is 2.28. The fraction of sp³-hybridized carbons (Fsp3) is 0.0833. The number of benzene rings is 3. The van der Waals surface area contributed by atoms with E-state index in [-0.39, 0.29) is 17.4 Å². The number of aromatic nitrogens is 2. The van der Waals surface area contributed by atoms with Gasteiger partial charge in [-0.1, -0.05) is 60.3 Å². The Labute approximate surface area is 178 Å². The maximum absolute atomic E-state index is 12.4. The monoisotopic (exact) mass is 413 g/mol. The first-order valence-corrected chi connectivity index (χ1v) is 10.4. The summed E-state index contributed by atoms with van der Waals surface area (Å²) in [4.78, 5) is 33.0.